The minimum absolute atomic E-state index is 0.136. The molecule has 30 heavy (non-hydrogen) atoms. The number of hydrogen-bond acceptors (Lipinski definition) is 6. The lowest BCUT2D eigenvalue weighted by Gasteiger charge is -2.35. The van der Waals surface area contributed by atoms with Gasteiger partial charge in [-0.25, -0.2) is 0 Å². The molecule has 2 aromatic heterocycles. The van der Waals surface area contributed by atoms with Crippen LogP contribution in [-0.2, 0) is 17.8 Å². The van der Waals surface area contributed by atoms with Crippen LogP contribution in [-0.4, -0.2) is 62.8 Å². The Balaban J connectivity index is 1.16. The predicted octanol–water partition coefficient (Wildman–Crippen LogP) is 1.92. The van der Waals surface area contributed by atoms with E-state index in [-0.39, 0.29) is 5.91 Å². The van der Waals surface area contributed by atoms with Crippen LogP contribution in [0.15, 0.2) is 36.7 Å². The van der Waals surface area contributed by atoms with Gasteiger partial charge in [-0.3, -0.25) is 4.79 Å². The first kappa shape index (κ1) is 19.3. The Bertz CT molecular complexity index is 1060. The fourth-order valence-corrected chi connectivity index (χ4v) is 4.01. The van der Waals surface area contributed by atoms with Crippen molar-refractivity contribution < 1.29 is 4.79 Å². The lowest BCUT2D eigenvalue weighted by Crippen LogP contribution is -2.49. The van der Waals surface area contributed by atoms with E-state index in [1.807, 2.05) is 35.2 Å². The van der Waals surface area contributed by atoms with Gasteiger partial charge in [0.05, 0.1) is 6.42 Å². The normalized spacial score (nSPS) is 17.0. The average Bonchev–Trinajstić information content (AvgIpc) is 3.47. The molecule has 156 valence electrons. The first-order valence-electron chi connectivity index (χ1n) is 10.4. The van der Waals surface area contributed by atoms with Crippen molar-refractivity contribution >= 4 is 29.0 Å². The van der Waals surface area contributed by atoms with E-state index >= 15 is 0 Å². The Morgan fingerprint density at radius 3 is 2.73 bits per heavy atom. The van der Waals surface area contributed by atoms with Crippen LogP contribution in [0.3, 0.4) is 0 Å². The molecule has 1 saturated heterocycles. The van der Waals surface area contributed by atoms with Crippen LogP contribution in [0.2, 0.25) is 5.02 Å². The van der Waals surface area contributed by atoms with E-state index in [0.29, 0.717) is 25.6 Å². The van der Waals surface area contributed by atoms with Gasteiger partial charge in [-0.05, 0) is 42.2 Å². The standard InChI is InChI=1S/C21H24ClN7O/c22-18-11-15(1-2-16(18)13-23-17-3-4-17)12-21(30)28-9-7-27(8-10-28)20-6-5-19-25-24-14-29(19)26-20/h1-2,5-6,11,14,17,23H,3-4,7-10,12-13H2. The summed E-state index contributed by atoms with van der Waals surface area (Å²) in [6.07, 6.45) is 4.48. The number of rotatable bonds is 6. The first-order chi connectivity index (χ1) is 14.7. The number of anilines is 1. The molecule has 5 rings (SSSR count). The third kappa shape index (κ3) is 4.24. The average molecular weight is 426 g/mol. The number of aromatic nitrogens is 4. The largest absolute Gasteiger partial charge is 0.352 e. The molecule has 9 heteroatoms. The molecule has 8 nitrogen and oxygen atoms in total. The summed E-state index contributed by atoms with van der Waals surface area (Å²) in [5.41, 5.74) is 2.77. The van der Waals surface area contributed by atoms with Gasteiger partial charge in [0.15, 0.2) is 5.65 Å². The van der Waals surface area contributed by atoms with E-state index in [9.17, 15) is 4.79 Å². The number of hydrogen-bond donors (Lipinski definition) is 1. The molecule has 0 bridgehead atoms. The number of carbonyl (C=O) groups excluding carboxylic acids is 1. The molecule has 1 saturated carbocycles. The van der Waals surface area contributed by atoms with Gasteiger partial charge < -0.3 is 15.1 Å². The van der Waals surface area contributed by atoms with Crippen molar-refractivity contribution in [3.05, 3.63) is 52.8 Å². The second kappa shape index (κ2) is 8.20. The molecule has 1 aromatic carbocycles. The van der Waals surface area contributed by atoms with Gasteiger partial charge in [0.25, 0.3) is 0 Å². The maximum absolute atomic E-state index is 12.8. The molecule has 1 aliphatic heterocycles. The molecule has 0 atom stereocenters. The highest BCUT2D eigenvalue weighted by atomic mass is 35.5. The van der Waals surface area contributed by atoms with Gasteiger partial charge in [-0.15, -0.1) is 15.3 Å². The molecule has 2 fully saturated rings. The Morgan fingerprint density at radius 2 is 1.97 bits per heavy atom. The van der Waals surface area contributed by atoms with Crippen LogP contribution in [0.5, 0.6) is 0 Å². The van der Waals surface area contributed by atoms with Gasteiger partial charge in [0, 0.05) is 43.8 Å². The van der Waals surface area contributed by atoms with Gasteiger partial charge in [0.1, 0.15) is 12.1 Å². The van der Waals surface area contributed by atoms with Gasteiger partial charge >= 0.3 is 0 Å². The lowest BCUT2D eigenvalue weighted by molar-refractivity contribution is -0.130. The number of fused-ring (bicyclic) bond motifs is 1. The van der Waals surface area contributed by atoms with Crippen LogP contribution in [0.1, 0.15) is 24.0 Å². The second-order valence-electron chi connectivity index (χ2n) is 7.95. The second-order valence-corrected chi connectivity index (χ2v) is 8.36. The Morgan fingerprint density at radius 1 is 1.13 bits per heavy atom. The van der Waals surface area contributed by atoms with E-state index < -0.39 is 0 Å². The van der Waals surface area contributed by atoms with Crippen molar-refractivity contribution in [1.29, 1.82) is 0 Å². The summed E-state index contributed by atoms with van der Waals surface area (Å²) >= 11 is 6.43. The first-order valence-corrected chi connectivity index (χ1v) is 10.7. The summed E-state index contributed by atoms with van der Waals surface area (Å²) < 4.78 is 1.67. The van der Waals surface area contributed by atoms with E-state index in [2.05, 4.69) is 25.5 Å². The number of nitrogens with zero attached hydrogens (tertiary/aromatic N) is 6. The van der Waals surface area contributed by atoms with Crippen molar-refractivity contribution in [3.8, 4) is 0 Å². The van der Waals surface area contributed by atoms with Crippen molar-refractivity contribution in [2.24, 2.45) is 0 Å². The minimum Gasteiger partial charge on any atom is -0.352 e. The maximum atomic E-state index is 12.8. The summed E-state index contributed by atoms with van der Waals surface area (Å²) in [6, 6.07) is 10.5. The zero-order valence-electron chi connectivity index (χ0n) is 16.7. The molecule has 1 amide bonds. The summed E-state index contributed by atoms with van der Waals surface area (Å²) in [7, 11) is 0. The number of amides is 1. The zero-order valence-corrected chi connectivity index (χ0v) is 17.4. The maximum Gasteiger partial charge on any atom is 0.227 e. The summed E-state index contributed by atoms with van der Waals surface area (Å²) in [5.74, 6) is 1.01. The molecular weight excluding hydrogens is 402 g/mol. The number of nitrogens with one attached hydrogen (secondary N) is 1. The summed E-state index contributed by atoms with van der Waals surface area (Å²) in [6.45, 7) is 3.64. The molecule has 0 unspecified atom stereocenters. The summed E-state index contributed by atoms with van der Waals surface area (Å²) in [5, 5.41) is 16.6. The topological polar surface area (TPSA) is 78.7 Å². The monoisotopic (exact) mass is 425 g/mol. The van der Waals surface area contributed by atoms with Gasteiger partial charge in [0.2, 0.25) is 5.91 Å². The molecule has 3 aromatic rings. The Kier molecular flexibility index (Phi) is 5.26. The zero-order chi connectivity index (χ0) is 20.5. The highest BCUT2D eigenvalue weighted by Crippen LogP contribution is 2.23. The fraction of sp³-hybridized carbons (Fsp3) is 0.429. The molecule has 0 radical (unpaired) electrons. The molecule has 3 heterocycles. The number of benzene rings is 1. The summed E-state index contributed by atoms with van der Waals surface area (Å²) in [4.78, 5) is 16.9. The Hall–Kier alpha value is -2.71. The molecule has 1 aliphatic carbocycles. The van der Waals surface area contributed by atoms with Crippen LogP contribution in [0.25, 0.3) is 5.65 Å². The molecule has 0 spiro atoms. The molecule has 1 N–H and O–H groups in total. The van der Waals surface area contributed by atoms with Crippen molar-refractivity contribution in [2.75, 3.05) is 31.1 Å². The third-order valence-electron chi connectivity index (χ3n) is 5.74. The lowest BCUT2D eigenvalue weighted by atomic mass is 10.1. The highest BCUT2D eigenvalue weighted by Gasteiger charge is 2.23. The number of piperazine rings is 1. The molecule has 2 aliphatic rings. The Labute approximate surface area is 179 Å². The van der Waals surface area contributed by atoms with Crippen LogP contribution < -0.4 is 10.2 Å². The minimum atomic E-state index is 0.136. The smallest absolute Gasteiger partial charge is 0.227 e. The van der Waals surface area contributed by atoms with E-state index in [0.717, 1.165) is 47.2 Å². The van der Waals surface area contributed by atoms with Crippen molar-refractivity contribution in [3.63, 3.8) is 0 Å². The van der Waals surface area contributed by atoms with Crippen molar-refractivity contribution in [1.82, 2.24) is 30.0 Å². The molecular formula is C21H24ClN7O. The van der Waals surface area contributed by atoms with Gasteiger partial charge in [-0.2, -0.15) is 4.52 Å². The quantitative estimate of drug-likeness (QED) is 0.650. The van der Waals surface area contributed by atoms with E-state index in [1.54, 1.807) is 10.8 Å². The number of carbonyl (C=O) groups is 1. The van der Waals surface area contributed by atoms with Crippen LogP contribution in [0.4, 0.5) is 5.82 Å². The predicted molar refractivity (Wildman–Crippen MR) is 115 cm³/mol. The van der Waals surface area contributed by atoms with Crippen LogP contribution in [0, 0.1) is 0 Å². The van der Waals surface area contributed by atoms with E-state index in [4.69, 9.17) is 11.6 Å². The number of halogens is 1. The van der Waals surface area contributed by atoms with Crippen LogP contribution >= 0.6 is 11.6 Å². The fourth-order valence-electron chi connectivity index (χ4n) is 3.74. The van der Waals surface area contributed by atoms with Gasteiger partial charge in [-0.1, -0.05) is 23.7 Å². The third-order valence-corrected chi connectivity index (χ3v) is 6.09. The van der Waals surface area contributed by atoms with E-state index in [1.165, 1.54) is 12.8 Å². The SMILES string of the molecule is O=C(Cc1ccc(CNC2CC2)c(Cl)c1)N1CCN(c2ccc3nncn3n2)CC1. The van der Waals surface area contributed by atoms with Crippen molar-refractivity contribution in [2.45, 2.75) is 31.8 Å². The highest BCUT2D eigenvalue weighted by molar-refractivity contribution is 6.31.